The van der Waals surface area contributed by atoms with Gasteiger partial charge >= 0.3 is 5.97 Å². The molecule has 108 valence electrons. The van der Waals surface area contributed by atoms with E-state index in [1.807, 2.05) is 0 Å². The number of nitrogens with zero attached hydrogens (tertiary/aromatic N) is 2. The fourth-order valence-electron chi connectivity index (χ4n) is 1.94. The first-order chi connectivity index (χ1) is 10.5. The molecule has 0 saturated carbocycles. The Bertz CT molecular complexity index is 902. The van der Waals surface area contributed by atoms with Crippen molar-refractivity contribution in [2.24, 2.45) is 0 Å². The number of benzene rings is 2. The molecule has 22 heavy (non-hydrogen) atoms. The molecule has 0 bridgehead atoms. The van der Waals surface area contributed by atoms with Crippen LogP contribution in [0, 0.1) is 5.82 Å². The van der Waals surface area contributed by atoms with E-state index in [4.69, 9.17) is 19.4 Å². The molecule has 1 aromatic heterocycles. The van der Waals surface area contributed by atoms with Crippen LogP contribution in [-0.2, 0) is 0 Å². The van der Waals surface area contributed by atoms with E-state index in [0.29, 0.717) is 15.9 Å². The first kappa shape index (κ1) is 14.7. The maximum Gasteiger partial charge on any atom is 0.337 e. The van der Waals surface area contributed by atoms with Gasteiger partial charge in [-0.25, -0.2) is 9.18 Å². The van der Waals surface area contributed by atoms with Gasteiger partial charge in [0.2, 0.25) is 0 Å². The highest BCUT2D eigenvalue weighted by molar-refractivity contribution is 7.13. The van der Waals surface area contributed by atoms with E-state index in [1.54, 1.807) is 6.07 Å². The van der Waals surface area contributed by atoms with Crippen molar-refractivity contribution in [3.63, 3.8) is 0 Å². The van der Waals surface area contributed by atoms with Crippen LogP contribution in [-0.4, -0.2) is 28.5 Å². The van der Waals surface area contributed by atoms with Crippen LogP contribution < -0.4 is 10.8 Å². The van der Waals surface area contributed by atoms with E-state index in [0.717, 1.165) is 11.5 Å². The van der Waals surface area contributed by atoms with Crippen LogP contribution in [0.5, 0.6) is 0 Å². The van der Waals surface area contributed by atoms with Crippen molar-refractivity contribution in [1.82, 2.24) is 9.59 Å². The number of fused-ring (bicyclic) bond motifs is 1. The summed E-state index contributed by atoms with van der Waals surface area (Å²) >= 11 is 6.94. The lowest BCUT2D eigenvalue weighted by Gasteiger charge is -2.12. The molecule has 3 rings (SSSR count). The van der Waals surface area contributed by atoms with Gasteiger partial charge in [0.1, 0.15) is 13.4 Å². The molecule has 2 radical (unpaired) electrons. The van der Waals surface area contributed by atoms with Gasteiger partial charge in [0.05, 0.1) is 26.7 Å². The average Bonchev–Trinajstić information content (AvgIpc) is 2.92. The fourth-order valence-corrected chi connectivity index (χ4v) is 2.78. The minimum atomic E-state index is -1.27. The minimum absolute atomic E-state index is 0.00377. The smallest absolute Gasteiger partial charge is 0.337 e. The molecular weight excluding hydrogens is 327 g/mol. The molecule has 0 spiro atoms. The van der Waals surface area contributed by atoms with Crippen molar-refractivity contribution in [3.8, 4) is 0 Å². The fraction of sp³-hybridized carbons (Fsp3) is 0. The number of nitrogens with one attached hydrogen (secondary N) is 1. The SMILES string of the molecule is [B]c1ccc(Nc2c(C(=O)O)cc3snnc3c2F)c(Cl)c1. The first-order valence-corrected chi connectivity index (χ1v) is 7.12. The molecular formula is C13H6BClFN3O2S. The summed E-state index contributed by atoms with van der Waals surface area (Å²) in [5.74, 6) is -2.07. The van der Waals surface area contributed by atoms with Crippen LogP contribution in [0.4, 0.5) is 15.8 Å². The van der Waals surface area contributed by atoms with Gasteiger partial charge < -0.3 is 10.4 Å². The van der Waals surface area contributed by atoms with Crippen LogP contribution >= 0.6 is 23.1 Å². The molecule has 3 aromatic rings. The number of halogens is 2. The third kappa shape index (κ3) is 2.51. The molecule has 2 N–H and O–H groups in total. The van der Waals surface area contributed by atoms with E-state index in [-0.39, 0.29) is 21.8 Å². The van der Waals surface area contributed by atoms with Crippen molar-refractivity contribution in [3.05, 3.63) is 40.7 Å². The highest BCUT2D eigenvalue weighted by Crippen LogP contribution is 2.33. The first-order valence-electron chi connectivity index (χ1n) is 5.97. The molecule has 9 heteroatoms. The molecule has 0 unspecified atom stereocenters. The Morgan fingerprint density at radius 2 is 2.18 bits per heavy atom. The molecule has 0 aliphatic heterocycles. The Morgan fingerprint density at radius 1 is 1.41 bits per heavy atom. The van der Waals surface area contributed by atoms with Crippen LogP contribution in [0.2, 0.25) is 5.02 Å². The van der Waals surface area contributed by atoms with Gasteiger partial charge in [0.15, 0.2) is 5.82 Å². The van der Waals surface area contributed by atoms with Gasteiger partial charge in [0.25, 0.3) is 0 Å². The Hall–Kier alpha value is -2.19. The number of aromatic nitrogens is 2. The Morgan fingerprint density at radius 3 is 2.86 bits per heavy atom. The standard InChI is InChI=1S/C13H6BClFN3O2S/c14-5-1-2-8(7(15)3-5)17-11-6(13(20)21)4-9-12(10(11)16)18-19-22-9/h1-4,17H,(H,20,21). The lowest BCUT2D eigenvalue weighted by molar-refractivity contribution is 0.0698. The van der Waals surface area contributed by atoms with Crippen molar-refractivity contribution < 1.29 is 14.3 Å². The molecule has 0 aliphatic rings. The number of rotatable bonds is 3. The maximum atomic E-state index is 14.5. The molecule has 5 nitrogen and oxygen atoms in total. The van der Waals surface area contributed by atoms with Gasteiger partial charge in [-0.2, -0.15) is 0 Å². The third-order valence-electron chi connectivity index (χ3n) is 2.97. The van der Waals surface area contributed by atoms with E-state index >= 15 is 0 Å². The summed E-state index contributed by atoms with van der Waals surface area (Å²) in [7, 11) is 5.59. The minimum Gasteiger partial charge on any atom is -0.478 e. The molecule has 0 fully saturated rings. The zero-order valence-electron chi connectivity index (χ0n) is 10.8. The summed E-state index contributed by atoms with van der Waals surface area (Å²) in [5, 5.41) is 15.9. The highest BCUT2D eigenvalue weighted by atomic mass is 35.5. The topological polar surface area (TPSA) is 75.1 Å². The normalized spacial score (nSPS) is 10.8. The molecule has 1 heterocycles. The van der Waals surface area contributed by atoms with Crippen LogP contribution in [0.1, 0.15) is 10.4 Å². The van der Waals surface area contributed by atoms with E-state index < -0.39 is 11.8 Å². The van der Waals surface area contributed by atoms with Crippen molar-refractivity contribution in [2.75, 3.05) is 5.32 Å². The Kier molecular flexibility index (Phi) is 3.72. The summed E-state index contributed by atoms with van der Waals surface area (Å²) < 4.78 is 18.5. The van der Waals surface area contributed by atoms with Gasteiger partial charge in [-0.3, -0.25) is 0 Å². The summed E-state index contributed by atoms with van der Waals surface area (Å²) in [6.45, 7) is 0. The zero-order chi connectivity index (χ0) is 15.9. The summed E-state index contributed by atoms with van der Waals surface area (Å²) in [6, 6.07) is 5.89. The van der Waals surface area contributed by atoms with Crippen LogP contribution in [0.15, 0.2) is 24.3 Å². The quantitative estimate of drug-likeness (QED) is 0.721. The maximum absolute atomic E-state index is 14.5. The molecule has 0 saturated heterocycles. The number of hydrogen-bond donors (Lipinski definition) is 2. The summed E-state index contributed by atoms with van der Waals surface area (Å²) in [4.78, 5) is 11.4. The number of hydrogen-bond acceptors (Lipinski definition) is 5. The second-order valence-electron chi connectivity index (χ2n) is 4.40. The summed E-state index contributed by atoms with van der Waals surface area (Å²) in [6.07, 6.45) is 0. The van der Waals surface area contributed by atoms with E-state index in [2.05, 4.69) is 14.9 Å². The summed E-state index contributed by atoms with van der Waals surface area (Å²) in [5.41, 5.74) is 0.320. The Labute approximate surface area is 134 Å². The molecule has 0 amide bonds. The van der Waals surface area contributed by atoms with E-state index in [9.17, 15) is 14.3 Å². The van der Waals surface area contributed by atoms with Crippen LogP contribution in [0.3, 0.4) is 0 Å². The van der Waals surface area contributed by atoms with Crippen molar-refractivity contribution in [2.45, 2.75) is 0 Å². The predicted molar refractivity (Wildman–Crippen MR) is 84.5 cm³/mol. The average molecular weight is 334 g/mol. The molecule has 0 aliphatic carbocycles. The van der Waals surface area contributed by atoms with Gasteiger partial charge in [0, 0.05) is 0 Å². The second kappa shape index (κ2) is 5.55. The molecule has 2 aromatic carbocycles. The number of anilines is 2. The molecule has 0 atom stereocenters. The third-order valence-corrected chi connectivity index (χ3v) is 3.95. The van der Waals surface area contributed by atoms with Gasteiger partial charge in [-0.15, -0.1) is 5.10 Å². The van der Waals surface area contributed by atoms with E-state index in [1.165, 1.54) is 18.2 Å². The largest absolute Gasteiger partial charge is 0.478 e. The highest BCUT2D eigenvalue weighted by Gasteiger charge is 2.21. The second-order valence-corrected chi connectivity index (χ2v) is 5.60. The lowest BCUT2D eigenvalue weighted by atomic mass is 9.96. The monoisotopic (exact) mass is 333 g/mol. The Balaban J connectivity index is 2.18. The predicted octanol–water partition coefficient (Wildman–Crippen LogP) is 2.72. The number of carboxylic acid groups (broad SMARTS) is 1. The van der Waals surface area contributed by atoms with Gasteiger partial charge in [-0.1, -0.05) is 27.6 Å². The number of carboxylic acids is 1. The lowest BCUT2D eigenvalue weighted by Crippen LogP contribution is -2.07. The van der Waals surface area contributed by atoms with Crippen molar-refractivity contribution in [1.29, 1.82) is 0 Å². The van der Waals surface area contributed by atoms with Crippen LogP contribution in [0.25, 0.3) is 10.2 Å². The van der Waals surface area contributed by atoms with Gasteiger partial charge in [-0.05, 0) is 29.7 Å². The van der Waals surface area contributed by atoms with Crippen molar-refractivity contribution >= 4 is 64.0 Å². The number of aromatic carboxylic acids is 1. The zero-order valence-corrected chi connectivity index (χ0v) is 12.4. The number of carbonyl (C=O) groups is 1.